The molecule has 2 unspecified atom stereocenters. The minimum Gasteiger partial charge on any atom is -0.457 e. The molecule has 0 fully saturated rings. The van der Waals surface area contributed by atoms with Crippen LogP contribution >= 0.6 is 0 Å². The Morgan fingerprint density at radius 3 is 1.27 bits per heavy atom. The van der Waals surface area contributed by atoms with Crippen molar-refractivity contribution in [1.82, 2.24) is 0 Å². The van der Waals surface area contributed by atoms with Gasteiger partial charge in [-0.2, -0.15) is 0 Å². The fourth-order valence-electron chi connectivity index (χ4n) is 2.10. The van der Waals surface area contributed by atoms with Crippen LogP contribution in [0.25, 0.3) is 0 Å². The molecule has 0 bridgehead atoms. The Morgan fingerprint density at radius 1 is 0.769 bits per heavy atom. The topological polar surface area (TPSA) is 52.6 Å². The van der Waals surface area contributed by atoms with Gasteiger partial charge in [0, 0.05) is 0 Å². The van der Waals surface area contributed by atoms with Crippen molar-refractivity contribution in [1.29, 1.82) is 0 Å². The number of ether oxygens (including phenoxy) is 2. The van der Waals surface area contributed by atoms with Crippen molar-refractivity contribution in [2.24, 2.45) is 10.8 Å². The van der Waals surface area contributed by atoms with Gasteiger partial charge < -0.3 is 9.47 Å². The quantitative estimate of drug-likeness (QED) is 0.551. The van der Waals surface area contributed by atoms with E-state index in [1.807, 2.05) is 79.7 Å². The molecule has 146 valence electrons. The molecule has 0 N–H and O–H groups in total. The van der Waals surface area contributed by atoms with E-state index in [0.717, 1.165) is 24.0 Å². The lowest BCUT2D eigenvalue weighted by Gasteiger charge is -2.25. The average Bonchev–Trinajstić information content (AvgIpc) is 2.61. The summed E-state index contributed by atoms with van der Waals surface area (Å²) >= 11 is 0. The molecule has 0 spiro atoms. The van der Waals surface area contributed by atoms with Crippen molar-refractivity contribution >= 4 is 11.9 Å². The maximum absolute atomic E-state index is 12.2. The number of carbonyl (C=O) groups is 2. The third-order valence-corrected chi connectivity index (χ3v) is 5.32. The number of benzene rings is 1. The van der Waals surface area contributed by atoms with Gasteiger partial charge in [0.2, 0.25) is 0 Å². The van der Waals surface area contributed by atoms with Crippen LogP contribution in [0.3, 0.4) is 0 Å². The van der Waals surface area contributed by atoms with Crippen LogP contribution in [0.1, 0.15) is 91.6 Å². The smallest absolute Gasteiger partial charge is 0.312 e. The van der Waals surface area contributed by atoms with Gasteiger partial charge >= 0.3 is 11.9 Å². The molecule has 2 atom stereocenters. The molecule has 0 aliphatic rings. The fourth-order valence-corrected chi connectivity index (χ4v) is 2.10. The van der Waals surface area contributed by atoms with Gasteiger partial charge in [-0.25, -0.2) is 0 Å². The molecule has 0 aromatic heterocycles. The van der Waals surface area contributed by atoms with Crippen molar-refractivity contribution in [3.8, 4) is 0 Å². The van der Waals surface area contributed by atoms with Crippen LogP contribution in [0, 0.1) is 10.8 Å². The largest absolute Gasteiger partial charge is 0.457 e. The van der Waals surface area contributed by atoms with Gasteiger partial charge in [0.1, 0.15) is 12.2 Å². The standard InChI is InChI=1S/C22H34O4/c1-9-21(5,6)19(23)25-15(3)17-11-13-18(14-12-17)16(4)26-20(24)22(7,8)10-2/h11-16H,9-10H2,1-8H3. The van der Waals surface area contributed by atoms with Crippen molar-refractivity contribution in [2.75, 3.05) is 0 Å². The highest BCUT2D eigenvalue weighted by Gasteiger charge is 2.30. The van der Waals surface area contributed by atoms with Gasteiger partial charge in [0.25, 0.3) is 0 Å². The summed E-state index contributed by atoms with van der Waals surface area (Å²) in [5.74, 6) is -0.388. The zero-order chi connectivity index (χ0) is 20.1. The second-order valence-corrected chi connectivity index (χ2v) is 8.24. The summed E-state index contributed by atoms with van der Waals surface area (Å²) in [7, 11) is 0. The molecule has 1 rings (SSSR count). The van der Waals surface area contributed by atoms with E-state index in [1.165, 1.54) is 0 Å². The molecule has 0 heterocycles. The molecule has 0 aliphatic carbocycles. The molecular weight excluding hydrogens is 328 g/mol. The van der Waals surface area contributed by atoms with Gasteiger partial charge in [-0.3, -0.25) is 9.59 Å². The maximum Gasteiger partial charge on any atom is 0.312 e. The first-order valence-corrected chi connectivity index (χ1v) is 9.46. The van der Waals surface area contributed by atoms with E-state index < -0.39 is 10.8 Å². The Balaban J connectivity index is 2.76. The van der Waals surface area contributed by atoms with E-state index in [4.69, 9.17) is 9.47 Å². The minimum atomic E-state index is -0.483. The summed E-state index contributed by atoms with van der Waals surface area (Å²) in [5, 5.41) is 0. The number of hydrogen-bond acceptors (Lipinski definition) is 4. The number of hydrogen-bond donors (Lipinski definition) is 0. The summed E-state index contributed by atoms with van der Waals surface area (Å²) in [6.07, 6.45) is 0.821. The molecule has 0 amide bonds. The van der Waals surface area contributed by atoms with Gasteiger partial charge in [-0.05, 0) is 65.5 Å². The molecule has 4 heteroatoms. The summed E-state index contributed by atoms with van der Waals surface area (Å²) in [6, 6.07) is 7.67. The lowest BCUT2D eigenvalue weighted by molar-refractivity contribution is -0.160. The van der Waals surface area contributed by atoms with Crippen LogP contribution in [-0.2, 0) is 19.1 Å². The fraction of sp³-hybridized carbons (Fsp3) is 0.636. The Labute approximate surface area is 158 Å². The summed E-state index contributed by atoms with van der Waals surface area (Å²) < 4.78 is 11.2. The zero-order valence-corrected chi connectivity index (χ0v) is 17.5. The van der Waals surface area contributed by atoms with Crippen LogP contribution in [0.2, 0.25) is 0 Å². The van der Waals surface area contributed by atoms with E-state index >= 15 is 0 Å². The Hall–Kier alpha value is -1.84. The highest BCUT2D eigenvalue weighted by atomic mass is 16.5. The van der Waals surface area contributed by atoms with E-state index in [0.29, 0.717) is 0 Å². The lowest BCUT2D eigenvalue weighted by atomic mass is 9.90. The Kier molecular flexibility index (Phi) is 7.43. The van der Waals surface area contributed by atoms with Gasteiger partial charge in [0.15, 0.2) is 0 Å². The van der Waals surface area contributed by atoms with E-state index in [9.17, 15) is 9.59 Å². The molecular formula is C22H34O4. The summed E-state index contributed by atoms with van der Waals surface area (Å²) in [6.45, 7) is 15.2. The molecule has 1 aromatic rings. The molecule has 0 saturated heterocycles. The van der Waals surface area contributed by atoms with Crippen LogP contribution in [0.15, 0.2) is 24.3 Å². The maximum atomic E-state index is 12.2. The summed E-state index contributed by atoms with van der Waals surface area (Å²) in [5.41, 5.74) is 0.870. The number of esters is 2. The summed E-state index contributed by atoms with van der Waals surface area (Å²) in [4.78, 5) is 24.4. The molecule has 4 nitrogen and oxygen atoms in total. The monoisotopic (exact) mass is 362 g/mol. The van der Waals surface area contributed by atoms with Crippen LogP contribution in [0.5, 0.6) is 0 Å². The molecule has 0 saturated carbocycles. The van der Waals surface area contributed by atoms with Crippen molar-refractivity contribution < 1.29 is 19.1 Å². The van der Waals surface area contributed by atoms with Crippen LogP contribution in [-0.4, -0.2) is 11.9 Å². The van der Waals surface area contributed by atoms with Crippen molar-refractivity contribution in [3.63, 3.8) is 0 Å². The van der Waals surface area contributed by atoms with Crippen molar-refractivity contribution in [3.05, 3.63) is 35.4 Å². The first-order valence-electron chi connectivity index (χ1n) is 9.46. The first-order chi connectivity index (χ1) is 11.9. The average molecular weight is 363 g/mol. The first kappa shape index (κ1) is 22.2. The normalized spacial score (nSPS) is 14.5. The van der Waals surface area contributed by atoms with Gasteiger partial charge in [0.05, 0.1) is 10.8 Å². The second kappa shape index (κ2) is 8.70. The van der Waals surface area contributed by atoms with Crippen LogP contribution < -0.4 is 0 Å². The molecule has 0 radical (unpaired) electrons. The van der Waals surface area contributed by atoms with Crippen molar-refractivity contribution in [2.45, 2.75) is 80.4 Å². The minimum absolute atomic E-state index is 0.194. The van der Waals surface area contributed by atoms with Crippen LogP contribution in [0.4, 0.5) is 0 Å². The van der Waals surface area contributed by atoms with Gasteiger partial charge in [-0.1, -0.05) is 38.1 Å². The zero-order valence-electron chi connectivity index (χ0n) is 17.5. The predicted octanol–water partition coefficient (Wildman–Crippen LogP) is 5.77. The molecule has 26 heavy (non-hydrogen) atoms. The molecule has 1 aromatic carbocycles. The number of carbonyl (C=O) groups excluding carboxylic acids is 2. The SMILES string of the molecule is CCC(C)(C)C(=O)OC(C)c1ccc(C(C)OC(=O)C(C)(C)CC)cc1. The Morgan fingerprint density at radius 2 is 1.04 bits per heavy atom. The van der Waals surface area contributed by atoms with Gasteiger partial charge in [-0.15, -0.1) is 0 Å². The molecule has 0 aliphatic heterocycles. The number of rotatable bonds is 8. The highest BCUT2D eigenvalue weighted by Crippen LogP contribution is 2.29. The van der Waals surface area contributed by atoms with E-state index in [2.05, 4.69) is 0 Å². The second-order valence-electron chi connectivity index (χ2n) is 8.24. The highest BCUT2D eigenvalue weighted by molar-refractivity contribution is 5.76. The van der Waals surface area contributed by atoms with E-state index in [-0.39, 0.29) is 24.1 Å². The lowest BCUT2D eigenvalue weighted by Crippen LogP contribution is -2.27. The third kappa shape index (κ3) is 5.58. The van der Waals surface area contributed by atoms with E-state index in [1.54, 1.807) is 0 Å². The predicted molar refractivity (Wildman–Crippen MR) is 104 cm³/mol. The Bertz CT molecular complexity index is 559. The third-order valence-electron chi connectivity index (χ3n) is 5.32.